The molecule has 0 heterocycles. The van der Waals surface area contributed by atoms with Gasteiger partial charge in [0.2, 0.25) is 11.8 Å². The van der Waals surface area contributed by atoms with Crippen molar-refractivity contribution in [1.29, 1.82) is 0 Å². The van der Waals surface area contributed by atoms with E-state index in [0.29, 0.717) is 0 Å². The first-order chi connectivity index (χ1) is 11.4. The highest BCUT2D eigenvalue weighted by molar-refractivity contribution is 5.88. The van der Waals surface area contributed by atoms with Crippen molar-refractivity contribution in [2.24, 2.45) is 5.92 Å². The van der Waals surface area contributed by atoms with Crippen LogP contribution in [-0.2, 0) is 25.5 Å². The third-order valence-electron chi connectivity index (χ3n) is 3.24. The van der Waals surface area contributed by atoms with Crippen molar-refractivity contribution in [3.05, 3.63) is 35.9 Å². The van der Waals surface area contributed by atoms with Gasteiger partial charge in [-0.25, -0.2) is 4.79 Å². The lowest BCUT2D eigenvalue weighted by Gasteiger charge is -2.21. The number of rotatable bonds is 10. The van der Waals surface area contributed by atoms with E-state index in [1.165, 1.54) is 0 Å². The molecule has 7 heteroatoms. The summed E-state index contributed by atoms with van der Waals surface area (Å²) in [6.07, 6.45) is 0.207. The lowest BCUT2D eigenvalue weighted by molar-refractivity contribution is -0.142. The Morgan fingerprint density at radius 2 is 1.83 bits per heavy atom. The molecular formula is C17H24N2O5. The van der Waals surface area contributed by atoms with Crippen LogP contribution in [0.1, 0.15) is 19.4 Å². The lowest BCUT2D eigenvalue weighted by Crippen LogP contribution is -2.50. The topological polar surface area (TPSA) is 105 Å². The number of benzene rings is 1. The third-order valence-corrected chi connectivity index (χ3v) is 3.24. The Morgan fingerprint density at radius 3 is 2.42 bits per heavy atom. The largest absolute Gasteiger partial charge is 0.480 e. The molecule has 132 valence electrons. The monoisotopic (exact) mass is 336 g/mol. The average Bonchev–Trinajstić information content (AvgIpc) is 2.52. The highest BCUT2D eigenvalue weighted by atomic mass is 16.5. The first-order valence-electron chi connectivity index (χ1n) is 7.80. The molecule has 1 aromatic rings. The molecule has 1 aromatic carbocycles. The van der Waals surface area contributed by atoms with Gasteiger partial charge in [-0.3, -0.25) is 9.59 Å². The van der Waals surface area contributed by atoms with E-state index in [1.807, 2.05) is 44.2 Å². The average molecular weight is 336 g/mol. The minimum atomic E-state index is -1.06. The van der Waals surface area contributed by atoms with Crippen LogP contribution in [0.3, 0.4) is 0 Å². The van der Waals surface area contributed by atoms with Crippen LogP contribution in [0.5, 0.6) is 0 Å². The summed E-state index contributed by atoms with van der Waals surface area (Å²) in [5.74, 6) is -1.68. The molecule has 1 rings (SSSR count). The number of hydrogen-bond acceptors (Lipinski definition) is 4. The molecule has 24 heavy (non-hydrogen) atoms. The number of carboxylic acid groups (broad SMARTS) is 1. The van der Waals surface area contributed by atoms with Gasteiger partial charge < -0.3 is 20.5 Å². The highest BCUT2D eigenvalue weighted by Gasteiger charge is 2.23. The molecule has 2 amide bonds. The number of hydrogen-bond donors (Lipinski definition) is 3. The number of carbonyl (C=O) groups excluding carboxylic acids is 2. The molecule has 0 spiro atoms. The molecule has 1 atom stereocenters. The van der Waals surface area contributed by atoms with Gasteiger partial charge in [-0.2, -0.15) is 0 Å². The third kappa shape index (κ3) is 7.73. The van der Waals surface area contributed by atoms with Crippen LogP contribution < -0.4 is 10.6 Å². The van der Waals surface area contributed by atoms with Gasteiger partial charge in [-0.1, -0.05) is 44.2 Å². The predicted octanol–water partition coefficient (Wildman–Crippen LogP) is 0.587. The summed E-state index contributed by atoms with van der Waals surface area (Å²) in [7, 11) is 0. The lowest BCUT2D eigenvalue weighted by atomic mass is 10.0. The van der Waals surface area contributed by atoms with Gasteiger partial charge in [-0.15, -0.1) is 0 Å². The number of amides is 2. The van der Waals surface area contributed by atoms with Crippen LogP contribution in [-0.4, -0.2) is 48.7 Å². The maximum Gasteiger partial charge on any atom is 0.329 e. The smallest absolute Gasteiger partial charge is 0.329 e. The van der Waals surface area contributed by atoms with E-state index in [1.54, 1.807) is 0 Å². The number of ether oxygens (including phenoxy) is 1. The molecule has 0 saturated heterocycles. The molecule has 3 N–H and O–H groups in total. The van der Waals surface area contributed by atoms with Gasteiger partial charge in [0.15, 0.2) is 0 Å². The van der Waals surface area contributed by atoms with Gasteiger partial charge in [0.05, 0.1) is 13.0 Å². The van der Waals surface area contributed by atoms with Crippen LogP contribution in [0, 0.1) is 5.92 Å². The molecule has 0 aliphatic carbocycles. The van der Waals surface area contributed by atoms with Crippen LogP contribution in [0.25, 0.3) is 0 Å². The maximum atomic E-state index is 12.2. The Hall–Kier alpha value is -2.41. The Kier molecular flexibility index (Phi) is 8.49. The Morgan fingerprint density at radius 1 is 1.17 bits per heavy atom. The van der Waals surface area contributed by atoms with Crippen molar-refractivity contribution in [3.8, 4) is 0 Å². The van der Waals surface area contributed by atoms with Crippen LogP contribution in [0.15, 0.2) is 30.3 Å². The van der Waals surface area contributed by atoms with E-state index < -0.39 is 18.6 Å². The fourth-order valence-electron chi connectivity index (χ4n) is 2.06. The molecule has 0 fully saturated rings. The van der Waals surface area contributed by atoms with Crippen molar-refractivity contribution in [1.82, 2.24) is 10.6 Å². The number of nitrogens with one attached hydrogen (secondary N) is 2. The minimum absolute atomic E-state index is 0.0790. The molecule has 1 unspecified atom stereocenters. The summed E-state index contributed by atoms with van der Waals surface area (Å²) < 4.78 is 4.84. The summed E-state index contributed by atoms with van der Waals surface area (Å²) >= 11 is 0. The van der Waals surface area contributed by atoms with Gasteiger partial charge in [0, 0.05) is 6.54 Å². The summed E-state index contributed by atoms with van der Waals surface area (Å²) in [4.78, 5) is 34.6. The van der Waals surface area contributed by atoms with E-state index in [4.69, 9.17) is 9.84 Å². The molecule has 0 radical (unpaired) electrons. The Labute approximate surface area is 141 Å². The molecule has 0 saturated carbocycles. The van der Waals surface area contributed by atoms with Crippen molar-refractivity contribution >= 4 is 17.8 Å². The standard InChI is InChI=1S/C17H24N2O5/c1-12(2)16(17(23)18-8-9-24-11-15(21)22)19-14(20)10-13-6-4-3-5-7-13/h3-7,12,16H,8-11H2,1-2H3,(H,18,23)(H,19,20)(H,21,22). The van der Waals surface area contributed by atoms with Crippen LogP contribution >= 0.6 is 0 Å². The zero-order valence-electron chi connectivity index (χ0n) is 14.0. The molecule has 0 bridgehead atoms. The first kappa shape index (κ1) is 19.6. The minimum Gasteiger partial charge on any atom is -0.480 e. The molecule has 0 aromatic heterocycles. The van der Waals surface area contributed by atoms with Gasteiger partial charge in [-0.05, 0) is 11.5 Å². The number of aliphatic carboxylic acids is 1. The summed E-state index contributed by atoms with van der Waals surface area (Å²) in [5.41, 5.74) is 0.875. The van der Waals surface area contributed by atoms with E-state index >= 15 is 0 Å². The van der Waals surface area contributed by atoms with Crippen molar-refractivity contribution < 1.29 is 24.2 Å². The molecular weight excluding hydrogens is 312 g/mol. The fourth-order valence-corrected chi connectivity index (χ4v) is 2.06. The first-order valence-corrected chi connectivity index (χ1v) is 7.80. The summed E-state index contributed by atoms with van der Waals surface area (Å²) in [6, 6.07) is 8.63. The quantitative estimate of drug-likeness (QED) is 0.542. The Balaban J connectivity index is 2.43. The number of carboxylic acids is 1. The van der Waals surface area contributed by atoms with Crippen LogP contribution in [0.4, 0.5) is 0 Å². The fraction of sp³-hybridized carbons (Fsp3) is 0.471. The van der Waals surface area contributed by atoms with Gasteiger partial charge >= 0.3 is 5.97 Å². The summed E-state index contributed by atoms with van der Waals surface area (Å²) in [5, 5.41) is 13.8. The van der Waals surface area contributed by atoms with Crippen molar-refractivity contribution in [2.45, 2.75) is 26.3 Å². The second kappa shape index (κ2) is 10.4. The molecule has 0 aliphatic heterocycles. The van der Waals surface area contributed by atoms with E-state index in [2.05, 4.69) is 10.6 Å². The predicted molar refractivity (Wildman–Crippen MR) is 88.4 cm³/mol. The molecule has 7 nitrogen and oxygen atoms in total. The van der Waals surface area contributed by atoms with E-state index in [0.717, 1.165) is 5.56 Å². The zero-order chi connectivity index (χ0) is 17.9. The second-order valence-electron chi connectivity index (χ2n) is 5.69. The normalized spacial score (nSPS) is 11.8. The summed E-state index contributed by atoms with van der Waals surface area (Å²) in [6.45, 7) is 3.56. The molecule has 0 aliphatic rings. The number of carbonyl (C=O) groups is 3. The van der Waals surface area contributed by atoms with Gasteiger partial charge in [0.25, 0.3) is 0 Å². The maximum absolute atomic E-state index is 12.2. The zero-order valence-corrected chi connectivity index (χ0v) is 14.0. The Bertz CT molecular complexity index is 545. The van der Waals surface area contributed by atoms with Gasteiger partial charge in [0.1, 0.15) is 12.6 Å². The van der Waals surface area contributed by atoms with E-state index in [-0.39, 0.29) is 37.3 Å². The van der Waals surface area contributed by atoms with Crippen LogP contribution in [0.2, 0.25) is 0 Å². The van der Waals surface area contributed by atoms with E-state index in [9.17, 15) is 14.4 Å². The van der Waals surface area contributed by atoms with Crippen molar-refractivity contribution in [3.63, 3.8) is 0 Å². The highest BCUT2D eigenvalue weighted by Crippen LogP contribution is 2.04. The van der Waals surface area contributed by atoms with Crippen molar-refractivity contribution in [2.75, 3.05) is 19.8 Å². The second-order valence-corrected chi connectivity index (χ2v) is 5.69. The SMILES string of the molecule is CC(C)C(NC(=O)Cc1ccccc1)C(=O)NCCOCC(=O)O.